The molecule has 174 valence electrons. The Hall–Kier alpha value is -3.36. The first kappa shape index (κ1) is 22.4. The number of benzene rings is 2. The van der Waals surface area contributed by atoms with Crippen LogP contribution in [-0.2, 0) is 14.3 Å². The van der Waals surface area contributed by atoms with E-state index in [4.69, 9.17) is 4.74 Å². The monoisotopic (exact) mass is 475 g/mol. The van der Waals surface area contributed by atoms with Crippen molar-refractivity contribution in [1.82, 2.24) is 14.4 Å². The number of aryl methyl sites for hydroxylation is 1. The Bertz CT molecular complexity index is 1330. The Morgan fingerprint density at radius 3 is 2.59 bits per heavy atom. The van der Waals surface area contributed by atoms with Crippen molar-refractivity contribution < 1.29 is 19.1 Å². The zero-order valence-corrected chi connectivity index (χ0v) is 19.9. The van der Waals surface area contributed by atoms with E-state index >= 15 is 0 Å². The highest BCUT2D eigenvalue weighted by Gasteiger charge is 2.37. The molecule has 2 aromatic carbocycles. The van der Waals surface area contributed by atoms with Gasteiger partial charge in [0.25, 0.3) is 11.1 Å². The predicted octanol–water partition coefficient (Wildman–Crippen LogP) is 4.14. The van der Waals surface area contributed by atoms with Crippen molar-refractivity contribution in [3.63, 3.8) is 0 Å². The van der Waals surface area contributed by atoms with Crippen molar-refractivity contribution in [3.05, 3.63) is 70.4 Å². The van der Waals surface area contributed by atoms with E-state index in [0.29, 0.717) is 31.2 Å². The lowest BCUT2D eigenvalue weighted by molar-refractivity contribution is -0.139. The molecule has 34 heavy (non-hydrogen) atoms. The van der Waals surface area contributed by atoms with E-state index in [-0.39, 0.29) is 12.5 Å². The maximum absolute atomic E-state index is 13.0. The fourth-order valence-electron chi connectivity index (χ4n) is 4.53. The van der Waals surface area contributed by atoms with E-state index in [1.54, 1.807) is 11.0 Å². The van der Waals surface area contributed by atoms with E-state index in [1.165, 1.54) is 0 Å². The highest BCUT2D eigenvalue weighted by Crippen LogP contribution is 2.34. The second kappa shape index (κ2) is 9.12. The number of carbonyl (C=O) groups is 3. The molecule has 7 nitrogen and oxygen atoms in total. The first-order chi connectivity index (χ1) is 16.4. The average Bonchev–Trinajstić information content (AvgIpc) is 3.28. The number of imide groups is 1. The van der Waals surface area contributed by atoms with E-state index in [2.05, 4.69) is 28.8 Å². The zero-order valence-electron chi connectivity index (χ0n) is 19.1. The number of aromatic nitrogens is 1. The lowest BCUT2D eigenvalue weighted by atomic mass is 10.1. The number of nitrogens with zero attached hydrogens (tertiary/aromatic N) is 3. The molecule has 0 unspecified atom stereocenters. The molecule has 0 radical (unpaired) electrons. The maximum atomic E-state index is 13.0. The predicted molar refractivity (Wildman–Crippen MR) is 133 cm³/mol. The van der Waals surface area contributed by atoms with Crippen LogP contribution in [0.4, 0.5) is 4.79 Å². The summed E-state index contributed by atoms with van der Waals surface area (Å²) >= 11 is 0.881. The summed E-state index contributed by atoms with van der Waals surface area (Å²) in [7, 11) is 0. The number of thioether (sulfide) groups is 1. The van der Waals surface area contributed by atoms with Gasteiger partial charge in [0.15, 0.2) is 0 Å². The van der Waals surface area contributed by atoms with Gasteiger partial charge in [-0.3, -0.25) is 19.3 Å². The summed E-state index contributed by atoms with van der Waals surface area (Å²) in [6, 6.07) is 16.4. The molecule has 3 aromatic rings. The van der Waals surface area contributed by atoms with Crippen LogP contribution < -0.4 is 0 Å². The molecule has 8 heteroatoms. The van der Waals surface area contributed by atoms with Crippen molar-refractivity contribution in [3.8, 4) is 5.69 Å². The topological polar surface area (TPSA) is 71.9 Å². The van der Waals surface area contributed by atoms with Gasteiger partial charge in [-0.25, -0.2) is 0 Å². The fraction of sp³-hybridized carbons (Fsp3) is 0.269. The summed E-state index contributed by atoms with van der Waals surface area (Å²) in [4.78, 5) is 41.1. The highest BCUT2D eigenvalue weighted by atomic mass is 32.2. The number of carbonyl (C=O) groups excluding carboxylic acids is 3. The quantitative estimate of drug-likeness (QED) is 0.531. The minimum absolute atomic E-state index is 0.235. The van der Waals surface area contributed by atoms with Crippen molar-refractivity contribution in [1.29, 1.82) is 0 Å². The molecule has 0 N–H and O–H groups in total. The largest absolute Gasteiger partial charge is 0.378 e. The van der Waals surface area contributed by atoms with Crippen LogP contribution in [0.5, 0.6) is 0 Å². The minimum atomic E-state index is -0.424. The van der Waals surface area contributed by atoms with E-state index < -0.39 is 11.1 Å². The third kappa shape index (κ3) is 4.03. The molecule has 1 aromatic heterocycles. The lowest BCUT2D eigenvalue weighted by Crippen LogP contribution is -2.46. The standard InChI is InChI=1S/C26H25N3O4S/c1-17-14-20(18(2)29(17)22-9-5-7-19-6-3-4-8-21(19)22)15-23-25(31)28(26(32)34-23)16-24(30)27-10-12-33-13-11-27/h3-9,14-15H,10-13,16H2,1-2H3/b23-15-. The first-order valence-corrected chi connectivity index (χ1v) is 12.0. The molecule has 0 atom stereocenters. The van der Waals surface area contributed by atoms with Crippen LogP contribution in [0.2, 0.25) is 0 Å². The van der Waals surface area contributed by atoms with Crippen LogP contribution in [0.1, 0.15) is 17.0 Å². The highest BCUT2D eigenvalue weighted by molar-refractivity contribution is 8.18. The Balaban J connectivity index is 1.42. The molecule has 0 aliphatic carbocycles. The smallest absolute Gasteiger partial charge is 0.294 e. The molecular formula is C26H25N3O4S. The van der Waals surface area contributed by atoms with Crippen LogP contribution in [0.3, 0.4) is 0 Å². The fourth-order valence-corrected chi connectivity index (χ4v) is 5.36. The Labute approximate surface area is 202 Å². The molecule has 2 fully saturated rings. The number of hydrogen-bond acceptors (Lipinski definition) is 5. The normalized spacial score (nSPS) is 17.9. The van der Waals surface area contributed by atoms with Gasteiger partial charge in [-0.1, -0.05) is 36.4 Å². The molecule has 0 saturated carbocycles. The molecule has 5 rings (SSSR count). The van der Waals surface area contributed by atoms with Gasteiger partial charge >= 0.3 is 0 Å². The van der Waals surface area contributed by atoms with E-state index in [9.17, 15) is 14.4 Å². The zero-order chi connectivity index (χ0) is 23.8. The summed E-state index contributed by atoms with van der Waals surface area (Å²) < 4.78 is 7.43. The summed E-state index contributed by atoms with van der Waals surface area (Å²) in [6.45, 7) is 5.69. The molecular weight excluding hydrogens is 450 g/mol. The van der Waals surface area contributed by atoms with Crippen molar-refractivity contribution >= 4 is 45.7 Å². The molecule has 3 amide bonds. The van der Waals surface area contributed by atoms with Gasteiger partial charge in [-0.15, -0.1) is 0 Å². The van der Waals surface area contributed by atoms with Crippen molar-refractivity contribution in [2.45, 2.75) is 13.8 Å². The Morgan fingerprint density at radius 1 is 1.06 bits per heavy atom. The lowest BCUT2D eigenvalue weighted by Gasteiger charge is -2.28. The number of fused-ring (bicyclic) bond motifs is 1. The number of morpholine rings is 1. The molecule has 0 bridgehead atoms. The molecule has 2 aliphatic rings. The molecule has 3 heterocycles. The average molecular weight is 476 g/mol. The van der Waals surface area contributed by atoms with Crippen LogP contribution in [0.15, 0.2) is 53.4 Å². The SMILES string of the molecule is Cc1cc(/C=C2\SC(=O)N(CC(=O)N3CCOCC3)C2=O)c(C)n1-c1cccc2ccccc12. The third-order valence-electron chi connectivity index (χ3n) is 6.30. The molecule has 0 spiro atoms. The van der Waals surface area contributed by atoms with Gasteiger partial charge in [0, 0.05) is 29.9 Å². The van der Waals surface area contributed by atoms with Gasteiger partial charge < -0.3 is 14.2 Å². The van der Waals surface area contributed by atoms with E-state index in [1.807, 2.05) is 38.1 Å². The molecule has 2 aliphatic heterocycles. The van der Waals surface area contributed by atoms with Crippen molar-refractivity contribution in [2.75, 3.05) is 32.8 Å². The van der Waals surface area contributed by atoms with Crippen LogP contribution in [0.25, 0.3) is 22.5 Å². The molecule has 2 saturated heterocycles. The second-order valence-electron chi connectivity index (χ2n) is 8.42. The summed E-state index contributed by atoms with van der Waals surface area (Å²) in [5.41, 5.74) is 3.94. The number of amides is 3. The second-order valence-corrected chi connectivity index (χ2v) is 9.41. The van der Waals surface area contributed by atoms with Crippen LogP contribution >= 0.6 is 11.8 Å². The number of ether oxygens (including phenoxy) is 1. The Morgan fingerprint density at radius 2 is 1.79 bits per heavy atom. The summed E-state index contributed by atoms with van der Waals surface area (Å²) in [5, 5.41) is 1.88. The summed E-state index contributed by atoms with van der Waals surface area (Å²) in [5.74, 6) is -0.660. The van der Waals surface area contributed by atoms with Gasteiger partial charge in [0.05, 0.1) is 23.8 Å². The summed E-state index contributed by atoms with van der Waals surface area (Å²) in [6.07, 6.45) is 1.76. The van der Waals surface area contributed by atoms with Gasteiger partial charge in [0.2, 0.25) is 5.91 Å². The van der Waals surface area contributed by atoms with E-state index in [0.717, 1.165) is 50.1 Å². The number of hydrogen-bond donors (Lipinski definition) is 0. The van der Waals surface area contributed by atoms with Crippen molar-refractivity contribution in [2.24, 2.45) is 0 Å². The van der Waals surface area contributed by atoms with Gasteiger partial charge in [-0.05, 0) is 54.8 Å². The minimum Gasteiger partial charge on any atom is -0.378 e. The van der Waals surface area contributed by atoms with Gasteiger partial charge in [0.1, 0.15) is 6.54 Å². The Kier molecular flexibility index (Phi) is 6.02. The van der Waals surface area contributed by atoms with Gasteiger partial charge in [-0.2, -0.15) is 0 Å². The van der Waals surface area contributed by atoms with Crippen LogP contribution in [-0.4, -0.2) is 64.3 Å². The third-order valence-corrected chi connectivity index (χ3v) is 7.20. The first-order valence-electron chi connectivity index (χ1n) is 11.2. The number of rotatable bonds is 4. The maximum Gasteiger partial charge on any atom is 0.294 e. The van der Waals surface area contributed by atoms with Crippen LogP contribution in [0, 0.1) is 13.8 Å².